The van der Waals surface area contributed by atoms with Crippen molar-refractivity contribution in [3.8, 4) is 0 Å². The van der Waals surface area contributed by atoms with Crippen LogP contribution in [-0.4, -0.2) is 12.5 Å². The molecular formula is C21H27NO. The fourth-order valence-corrected chi connectivity index (χ4v) is 6.40. The average molecular weight is 309 g/mol. The summed E-state index contributed by atoms with van der Waals surface area (Å²) < 4.78 is 0. The predicted molar refractivity (Wildman–Crippen MR) is 91.0 cm³/mol. The molecule has 2 heteroatoms. The van der Waals surface area contributed by atoms with Gasteiger partial charge in [-0.15, -0.1) is 0 Å². The van der Waals surface area contributed by atoms with Crippen molar-refractivity contribution < 1.29 is 4.79 Å². The van der Waals surface area contributed by atoms with Crippen LogP contribution >= 0.6 is 0 Å². The third kappa shape index (κ3) is 2.25. The lowest BCUT2D eigenvalue weighted by molar-refractivity contribution is -0.149. The molecule has 0 radical (unpaired) electrons. The quantitative estimate of drug-likeness (QED) is 0.893. The largest absolute Gasteiger partial charge is 0.355 e. The van der Waals surface area contributed by atoms with Crippen LogP contribution in [0.3, 0.4) is 0 Å². The van der Waals surface area contributed by atoms with Crippen molar-refractivity contribution in [2.45, 2.75) is 56.8 Å². The zero-order valence-electron chi connectivity index (χ0n) is 13.9. The molecule has 0 aromatic heterocycles. The van der Waals surface area contributed by atoms with E-state index in [1.807, 2.05) is 0 Å². The summed E-state index contributed by atoms with van der Waals surface area (Å²) in [4.78, 5) is 13.1. The van der Waals surface area contributed by atoms with Crippen LogP contribution in [0.1, 0.15) is 56.9 Å². The lowest BCUT2D eigenvalue weighted by Gasteiger charge is -2.61. The van der Waals surface area contributed by atoms with Crippen molar-refractivity contribution in [2.24, 2.45) is 23.2 Å². The highest BCUT2D eigenvalue weighted by atomic mass is 16.2. The summed E-state index contributed by atoms with van der Waals surface area (Å²) in [6.07, 6.45) is 10.00. The van der Waals surface area contributed by atoms with Gasteiger partial charge in [-0.3, -0.25) is 4.79 Å². The van der Waals surface area contributed by atoms with Crippen molar-refractivity contribution in [3.05, 3.63) is 35.9 Å². The minimum Gasteiger partial charge on any atom is -0.355 e. The fraction of sp³-hybridized carbons (Fsp3) is 0.667. The number of carbonyl (C=O) groups excluding carboxylic acids is 1. The van der Waals surface area contributed by atoms with Gasteiger partial charge in [-0.1, -0.05) is 30.3 Å². The van der Waals surface area contributed by atoms with E-state index in [9.17, 15) is 4.79 Å². The van der Waals surface area contributed by atoms with Crippen LogP contribution in [0, 0.1) is 23.2 Å². The van der Waals surface area contributed by atoms with E-state index >= 15 is 0 Å². The second-order valence-corrected chi connectivity index (χ2v) is 9.04. The van der Waals surface area contributed by atoms with E-state index < -0.39 is 0 Å². The normalized spacial score (nSPS) is 41.0. The Kier molecular flexibility index (Phi) is 2.96. The minimum absolute atomic E-state index is 0.0607. The molecule has 5 aliphatic carbocycles. The van der Waals surface area contributed by atoms with Crippen LogP contribution in [0.4, 0.5) is 0 Å². The Morgan fingerprint density at radius 1 is 1.04 bits per heavy atom. The molecule has 5 fully saturated rings. The minimum atomic E-state index is -0.0607. The summed E-state index contributed by atoms with van der Waals surface area (Å²) in [5, 5.41) is 3.33. The summed E-state index contributed by atoms with van der Waals surface area (Å²) in [6, 6.07) is 11.1. The van der Waals surface area contributed by atoms with E-state index in [1.165, 1.54) is 37.7 Å². The molecule has 0 aliphatic heterocycles. The maximum Gasteiger partial charge on any atom is 0.226 e. The van der Waals surface area contributed by atoms with Crippen molar-refractivity contribution >= 4 is 5.91 Å². The molecule has 1 aromatic carbocycles. The van der Waals surface area contributed by atoms with Gasteiger partial charge in [0.15, 0.2) is 0 Å². The highest BCUT2D eigenvalue weighted by molar-refractivity contribution is 5.83. The molecule has 23 heavy (non-hydrogen) atoms. The first-order valence-electron chi connectivity index (χ1n) is 9.51. The van der Waals surface area contributed by atoms with E-state index in [1.54, 1.807) is 0 Å². The number of benzene rings is 1. The van der Waals surface area contributed by atoms with Crippen molar-refractivity contribution in [3.63, 3.8) is 0 Å². The van der Waals surface area contributed by atoms with Gasteiger partial charge in [0.1, 0.15) is 0 Å². The Hall–Kier alpha value is -1.31. The number of nitrogens with one attached hydrogen (secondary N) is 1. The number of hydrogen-bond acceptors (Lipinski definition) is 1. The first kappa shape index (κ1) is 14.1. The zero-order chi connectivity index (χ0) is 15.5. The number of carbonyl (C=O) groups is 1. The fourth-order valence-electron chi connectivity index (χ4n) is 6.40. The van der Waals surface area contributed by atoms with Crippen molar-refractivity contribution in [1.29, 1.82) is 0 Å². The standard InChI is InChI=1S/C21H27NO/c23-19(22-13-15-6-7-15)21-11-16-8-17(12-21)10-20(9-16,14-21)18-4-2-1-3-5-18/h1-5,15-17H,6-14H2,(H,22,23). The van der Waals surface area contributed by atoms with Crippen LogP contribution in [-0.2, 0) is 10.2 Å². The molecule has 2 nitrogen and oxygen atoms in total. The topological polar surface area (TPSA) is 29.1 Å². The van der Waals surface area contributed by atoms with E-state index in [0.29, 0.717) is 5.91 Å². The zero-order valence-corrected chi connectivity index (χ0v) is 13.9. The smallest absolute Gasteiger partial charge is 0.226 e. The third-order valence-corrected chi connectivity index (χ3v) is 7.18. The molecule has 1 N–H and O–H groups in total. The molecule has 5 saturated carbocycles. The average Bonchev–Trinajstić information content (AvgIpc) is 3.36. The van der Waals surface area contributed by atoms with Crippen LogP contribution in [0.2, 0.25) is 0 Å². The second-order valence-electron chi connectivity index (χ2n) is 9.04. The van der Waals surface area contributed by atoms with E-state index in [2.05, 4.69) is 35.6 Å². The Balaban J connectivity index is 1.46. The van der Waals surface area contributed by atoms with Crippen LogP contribution < -0.4 is 5.32 Å². The SMILES string of the molecule is O=C(NCC1CC1)C12CC3CC(C1)CC(c1ccccc1)(C3)C2. The van der Waals surface area contributed by atoms with Gasteiger partial charge in [0.2, 0.25) is 5.91 Å². The van der Waals surface area contributed by atoms with Crippen molar-refractivity contribution in [1.82, 2.24) is 5.32 Å². The first-order chi connectivity index (χ1) is 11.2. The Morgan fingerprint density at radius 2 is 1.74 bits per heavy atom. The Labute approximate surface area is 139 Å². The number of rotatable bonds is 4. The van der Waals surface area contributed by atoms with E-state index in [4.69, 9.17) is 0 Å². The highest BCUT2D eigenvalue weighted by Gasteiger charge is 2.60. The van der Waals surface area contributed by atoms with Gasteiger partial charge < -0.3 is 5.32 Å². The van der Waals surface area contributed by atoms with Crippen LogP contribution in [0.25, 0.3) is 0 Å². The van der Waals surface area contributed by atoms with Crippen molar-refractivity contribution in [2.75, 3.05) is 6.54 Å². The van der Waals surface area contributed by atoms with E-state index in [0.717, 1.165) is 43.6 Å². The molecule has 2 atom stereocenters. The molecule has 0 saturated heterocycles. The predicted octanol–water partition coefficient (Wildman–Crippen LogP) is 4.05. The van der Waals surface area contributed by atoms with Crippen LogP contribution in [0.15, 0.2) is 30.3 Å². The second kappa shape index (κ2) is 4.84. The summed E-state index contributed by atoms with van der Waals surface area (Å²) in [5.41, 5.74) is 1.71. The molecule has 1 amide bonds. The van der Waals surface area contributed by atoms with Crippen LogP contribution in [0.5, 0.6) is 0 Å². The van der Waals surface area contributed by atoms with Gasteiger partial charge in [0.25, 0.3) is 0 Å². The maximum absolute atomic E-state index is 13.1. The number of amides is 1. The summed E-state index contributed by atoms with van der Waals surface area (Å²) >= 11 is 0. The molecule has 5 aliphatic rings. The molecule has 122 valence electrons. The molecule has 2 unspecified atom stereocenters. The monoisotopic (exact) mass is 309 g/mol. The first-order valence-corrected chi connectivity index (χ1v) is 9.51. The molecule has 1 aromatic rings. The third-order valence-electron chi connectivity index (χ3n) is 7.18. The Morgan fingerprint density at radius 3 is 2.39 bits per heavy atom. The van der Waals surface area contributed by atoms with Gasteiger partial charge >= 0.3 is 0 Å². The van der Waals surface area contributed by atoms with Gasteiger partial charge in [0.05, 0.1) is 5.41 Å². The number of hydrogen-bond donors (Lipinski definition) is 1. The summed E-state index contributed by atoms with van der Waals surface area (Å²) in [7, 11) is 0. The summed E-state index contributed by atoms with van der Waals surface area (Å²) in [6.45, 7) is 0.925. The van der Waals surface area contributed by atoms with Gasteiger partial charge in [-0.05, 0) is 80.1 Å². The molecule has 0 spiro atoms. The maximum atomic E-state index is 13.1. The molecule has 6 rings (SSSR count). The van der Waals surface area contributed by atoms with Gasteiger partial charge in [-0.2, -0.15) is 0 Å². The molecule has 4 bridgehead atoms. The highest BCUT2D eigenvalue weighted by Crippen LogP contribution is 2.65. The lowest BCUT2D eigenvalue weighted by atomic mass is 9.42. The summed E-state index contributed by atoms with van der Waals surface area (Å²) in [5.74, 6) is 2.70. The molecule has 0 heterocycles. The van der Waals surface area contributed by atoms with Gasteiger partial charge in [0, 0.05) is 6.54 Å². The van der Waals surface area contributed by atoms with E-state index in [-0.39, 0.29) is 10.8 Å². The molecular weight excluding hydrogens is 282 g/mol. The Bertz CT molecular complexity index is 604. The lowest BCUT2D eigenvalue weighted by Crippen LogP contribution is -2.59. The van der Waals surface area contributed by atoms with Gasteiger partial charge in [-0.25, -0.2) is 0 Å².